The monoisotopic (exact) mass is 258 g/mol. The molecule has 5 heteroatoms. The van der Waals surface area contributed by atoms with Crippen LogP contribution in [0, 0.1) is 25.2 Å². The SMILES string of the molecule is Cc1cnc(C(C)NCc2cc(C#N)n(C)c2C)o1. The van der Waals surface area contributed by atoms with E-state index < -0.39 is 0 Å². The average molecular weight is 258 g/mol. The highest BCUT2D eigenvalue weighted by Gasteiger charge is 2.13. The van der Waals surface area contributed by atoms with Crippen molar-refractivity contribution in [1.82, 2.24) is 14.9 Å². The zero-order chi connectivity index (χ0) is 14.0. The molecule has 0 spiro atoms. The summed E-state index contributed by atoms with van der Waals surface area (Å²) in [4.78, 5) is 4.20. The first kappa shape index (κ1) is 13.4. The molecule has 0 aromatic carbocycles. The molecule has 0 bridgehead atoms. The minimum Gasteiger partial charge on any atom is -0.444 e. The topological polar surface area (TPSA) is 66.8 Å². The van der Waals surface area contributed by atoms with Crippen LogP contribution >= 0.6 is 0 Å². The molecule has 0 radical (unpaired) electrons. The molecule has 1 N–H and O–H groups in total. The molecule has 100 valence electrons. The highest BCUT2D eigenvalue weighted by molar-refractivity contribution is 5.34. The number of hydrogen-bond donors (Lipinski definition) is 1. The quantitative estimate of drug-likeness (QED) is 0.914. The predicted molar refractivity (Wildman–Crippen MR) is 71.4 cm³/mol. The summed E-state index contributed by atoms with van der Waals surface area (Å²) >= 11 is 0. The molecule has 1 atom stereocenters. The second-order valence-electron chi connectivity index (χ2n) is 4.72. The largest absolute Gasteiger partial charge is 0.444 e. The van der Waals surface area contributed by atoms with Crippen LogP contribution in [0.2, 0.25) is 0 Å². The molecule has 2 aromatic rings. The van der Waals surface area contributed by atoms with E-state index in [1.807, 2.05) is 38.5 Å². The molecule has 1 unspecified atom stereocenters. The van der Waals surface area contributed by atoms with Crippen molar-refractivity contribution in [3.8, 4) is 6.07 Å². The van der Waals surface area contributed by atoms with Crippen LogP contribution in [-0.4, -0.2) is 9.55 Å². The Hall–Kier alpha value is -2.06. The minimum atomic E-state index is 0.0406. The summed E-state index contributed by atoms with van der Waals surface area (Å²) in [7, 11) is 1.90. The van der Waals surface area contributed by atoms with Gasteiger partial charge in [-0.1, -0.05) is 0 Å². The van der Waals surface area contributed by atoms with Gasteiger partial charge >= 0.3 is 0 Å². The third kappa shape index (κ3) is 2.69. The molecule has 2 rings (SSSR count). The lowest BCUT2D eigenvalue weighted by atomic mass is 10.2. The zero-order valence-electron chi connectivity index (χ0n) is 11.7. The van der Waals surface area contributed by atoms with Crippen LogP contribution in [0.3, 0.4) is 0 Å². The summed E-state index contributed by atoms with van der Waals surface area (Å²) in [5.41, 5.74) is 2.89. The van der Waals surface area contributed by atoms with Crippen molar-refractivity contribution in [2.24, 2.45) is 7.05 Å². The van der Waals surface area contributed by atoms with Gasteiger partial charge in [0.15, 0.2) is 0 Å². The van der Waals surface area contributed by atoms with Gasteiger partial charge in [0.1, 0.15) is 17.5 Å². The smallest absolute Gasteiger partial charge is 0.211 e. The Balaban J connectivity index is 2.05. The normalized spacial score (nSPS) is 12.4. The lowest BCUT2D eigenvalue weighted by Gasteiger charge is -2.10. The molecule has 0 aliphatic carbocycles. The fourth-order valence-corrected chi connectivity index (χ4v) is 1.97. The van der Waals surface area contributed by atoms with E-state index in [1.165, 1.54) is 0 Å². The molecule has 0 saturated heterocycles. The van der Waals surface area contributed by atoms with Crippen LogP contribution in [0.5, 0.6) is 0 Å². The Morgan fingerprint density at radius 2 is 2.26 bits per heavy atom. The van der Waals surface area contributed by atoms with E-state index in [2.05, 4.69) is 16.4 Å². The van der Waals surface area contributed by atoms with Gasteiger partial charge in [-0.05, 0) is 32.4 Å². The van der Waals surface area contributed by atoms with Crippen LogP contribution in [0.25, 0.3) is 0 Å². The van der Waals surface area contributed by atoms with Gasteiger partial charge in [-0.2, -0.15) is 5.26 Å². The lowest BCUT2D eigenvalue weighted by Crippen LogP contribution is -2.18. The molecule has 19 heavy (non-hydrogen) atoms. The Bertz CT molecular complexity index is 618. The number of aromatic nitrogens is 2. The van der Waals surface area contributed by atoms with E-state index in [1.54, 1.807) is 6.20 Å². The fourth-order valence-electron chi connectivity index (χ4n) is 1.97. The van der Waals surface area contributed by atoms with Crippen LogP contribution in [-0.2, 0) is 13.6 Å². The van der Waals surface area contributed by atoms with Crippen molar-refractivity contribution in [2.75, 3.05) is 0 Å². The van der Waals surface area contributed by atoms with E-state index in [0.717, 1.165) is 17.0 Å². The van der Waals surface area contributed by atoms with E-state index in [9.17, 15) is 0 Å². The molecule has 0 amide bonds. The number of hydrogen-bond acceptors (Lipinski definition) is 4. The first-order valence-corrected chi connectivity index (χ1v) is 6.24. The molecule has 2 aromatic heterocycles. The zero-order valence-corrected chi connectivity index (χ0v) is 11.7. The number of nitrogens with one attached hydrogen (secondary N) is 1. The van der Waals surface area contributed by atoms with Gasteiger partial charge in [-0.3, -0.25) is 0 Å². The van der Waals surface area contributed by atoms with Gasteiger partial charge in [-0.25, -0.2) is 4.98 Å². The maximum atomic E-state index is 9.00. The molecular formula is C14H18N4O. The maximum Gasteiger partial charge on any atom is 0.211 e. The van der Waals surface area contributed by atoms with Crippen LogP contribution in [0.4, 0.5) is 0 Å². The summed E-state index contributed by atoms with van der Waals surface area (Å²) in [5, 5.41) is 12.4. The van der Waals surface area contributed by atoms with Crippen molar-refractivity contribution in [3.05, 3.63) is 40.9 Å². The summed E-state index contributed by atoms with van der Waals surface area (Å²) in [5.74, 6) is 1.50. The van der Waals surface area contributed by atoms with Crippen molar-refractivity contribution in [2.45, 2.75) is 33.4 Å². The Morgan fingerprint density at radius 3 is 2.79 bits per heavy atom. The molecule has 0 saturated carbocycles. The highest BCUT2D eigenvalue weighted by Crippen LogP contribution is 2.16. The van der Waals surface area contributed by atoms with Crippen molar-refractivity contribution in [3.63, 3.8) is 0 Å². The average Bonchev–Trinajstić information content (AvgIpc) is 2.94. The second-order valence-corrected chi connectivity index (χ2v) is 4.72. The van der Waals surface area contributed by atoms with Gasteiger partial charge in [0.25, 0.3) is 0 Å². The number of nitrogens with zero attached hydrogens (tertiary/aromatic N) is 3. The lowest BCUT2D eigenvalue weighted by molar-refractivity contribution is 0.402. The highest BCUT2D eigenvalue weighted by atomic mass is 16.4. The van der Waals surface area contributed by atoms with Crippen molar-refractivity contribution in [1.29, 1.82) is 5.26 Å². The van der Waals surface area contributed by atoms with E-state index in [4.69, 9.17) is 9.68 Å². The van der Waals surface area contributed by atoms with Crippen LogP contribution < -0.4 is 5.32 Å². The third-order valence-electron chi connectivity index (χ3n) is 3.36. The molecule has 0 aliphatic rings. The maximum absolute atomic E-state index is 9.00. The van der Waals surface area contributed by atoms with E-state index in [0.29, 0.717) is 18.1 Å². The standard InChI is InChI=1S/C14H18N4O/c1-9-7-17-14(19-9)10(2)16-8-12-5-13(6-15)18(4)11(12)3/h5,7,10,16H,8H2,1-4H3. The minimum absolute atomic E-state index is 0.0406. The summed E-state index contributed by atoms with van der Waals surface area (Å²) in [6, 6.07) is 4.14. The van der Waals surface area contributed by atoms with Gasteiger partial charge in [0, 0.05) is 19.3 Å². The number of aryl methyl sites for hydroxylation is 1. The Labute approximate surface area is 112 Å². The summed E-state index contributed by atoms with van der Waals surface area (Å²) < 4.78 is 7.38. The first-order chi connectivity index (χ1) is 9.02. The van der Waals surface area contributed by atoms with Gasteiger partial charge in [-0.15, -0.1) is 0 Å². The van der Waals surface area contributed by atoms with Gasteiger partial charge in [0.05, 0.1) is 12.2 Å². The molecule has 2 heterocycles. The Kier molecular flexibility index (Phi) is 3.72. The molecule has 0 fully saturated rings. The molecule has 5 nitrogen and oxygen atoms in total. The molecule has 0 aliphatic heterocycles. The predicted octanol–water partition coefficient (Wildman–Crippen LogP) is 2.35. The van der Waals surface area contributed by atoms with Crippen molar-refractivity contribution >= 4 is 0 Å². The third-order valence-corrected chi connectivity index (χ3v) is 3.36. The van der Waals surface area contributed by atoms with Crippen molar-refractivity contribution < 1.29 is 4.42 Å². The molecular weight excluding hydrogens is 240 g/mol. The van der Waals surface area contributed by atoms with Gasteiger partial charge < -0.3 is 14.3 Å². The second kappa shape index (κ2) is 5.29. The number of rotatable bonds is 4. The first-order valence-electron chi connectivity index (χ1n) is 6.24. The fraction of sp³-hybridized carbons (Fsp3) is 0.429. The van der Waals surface area contributed by atoms with E-state index in [-0.39, 0.29) is 6.04 Å². The summed E-state index contributed by atoms with van der Waals surface area (Å²) in [6.07, 6.45) is 1.72. The van der Waals surface area contributed by atoms with Crippen LogP contribution in [0.1, 0.15) is 41.6 Å². The van der Waals surface area contributed by atoms with Gasteiger partial charge in [0.2, 0.25) is 5.89 Å². The number of oxazole rings is 1. The van der Waals surface area contributed by atoms with E-state index >= 15 is 0 Å². The number of nitriles is 1. The Morgan fingerprint density at radius 1 is 1.53 bits per heavy atom. The van der Waals surface area contributed by atoms with Crippen LogP contribution in [0.15, 0.2) is 16.7 Å². The summed E-state index contributed by atoms with van der Waals surface area (Å²) in [6.45, 7) is 6.58.